The fourth-order valence-corrected chi connectivity index (χ4v) is 8.42. The molecule has 0 aromatic heterocycles. The molecule has 3 N–H and O–H groups in total. The Morgan fingerprint density at radius 1 is 0.431 bits per heavy atom. The SMILES string of the molecule is CCCCCC/C=C\CCCCCCCC(=O)OCCCCCCCCCCC/C=C\C/C=C\CCCCCCCCCC(=O)NC(CO)C(O)/C=C/CCCCCCCCCCCC. The van der Waals surface area contributed by atoms with Crippen LogP contribution in [0.3, 0.4) is 0 Å². The van der Waals surface area contributed by atoms with Crippen LogP contribution in [0.1, 0.15) is 290 Å². The Balaban J connectivity index is 3.47. The van der Waals surface area contributed by atoms with Gasteiger partial charge in [-0.2, -0.15) is 0 Å². The molecular weight excluding hydrogens is 803 g/mol. The summed E-state index contributed by atoms with van der Waals surface area (Å²) in [6.45, 7) is 4.86. The van der Waals surface area contributed by atoms with E-state index in [2.05, 4.69) is 55.6 Å². The van der Waals surface area contributed by atoms with Crippen LogP contribution in [0.2, 0.25) is 0 Å². The first-order chi connectivity index (χ1) is 32.0. The van der Waals surface area contributed by atoms with Gasteiger partial charge in [-0.3, -0.25) is 9.59 Å². The summed E-state index contributed by atoms with van der Waals surface area (Å²) in [5.74, 6) is -0.0835. The second-order valence-corrected chi connectivity index (χ2v) is 19.3. The van der Waals surface area contributed by atoms with E-state index in [0.29, 0.717) is 19.4 Å². The van der Waals surface area contributed by atoms with Crippen molar-refractivity contribution in [2.45, 2.75) is 302 Å². The van der Waals surface area contributed by atoms with Gasteiger partial charge in [-0.25, -0.2) is 0 Å². The molecule has 0 saturated carbocycles. The second-order valence-electron chi connectivity index (χ2n) is 19.3. The van der Waals surface area contributed by atoms with E-state index < -0.39 is 12.1 Å². The summed E-state index contributed by atoms with van der Waals surface area (Å²) < 4.78 is 5.46. The molecule has 0 bridgehead atoms. The molecule has 2 unspecified atom stereocenters. The van der Waals surface area contributed by atoms with Crippen LogP contribution in [0.25, 0.3) is 0 Å². The van der Waals surface area contributed by atoms with Gasteiger partial charge in [0.1, 0.15) is 0 Å². The first kappa shape index (κ1) is 62.8. The quantitative estimate of drug-likeness (QED) is 0.0321. The lowest BCUT2D eigenvalue weighted by atomic mass is 10.1. The normalized spacial score (nSPS) is 13.0. The molecule has 0 heterocycles. The molecule has 0 fully saturated rings. The number of ether oxygens (including phenoxy) is 1. The van der Waals surface area contributed by atoms with Gasteiger partial charge in [0.25, 0.3) is 0 Å². The number of rotatable bonds is 52. The number of nitrogens with one attached hydrogen (secondary N) is 1. The van der Waals surface area contributed by atoms with Crippen LogP contribution in [-0.2, 0) is 14.3 Å². The summed E-state index contributed by atoms with van der Waals surface area (Å²) in [7, 11) is 0. The maximum Gasteiger partial charge on any atom is 0.305 e. The number of unbranched alkanes of at least 4 members (excludes halogenated alkanes) is 35. The third kappa shape index (κ3) is 51.1. The average Bonchev–Trinajstić information content (AvgIpc) is 3.31. The van der Waals surface area contributed by atoms with Crippen molar-refractivity contribution in [1.29, 1.82) is 0 Å². The number of esters is 1. The molecule has 0 aliphatic carbocycles. The van der Waals surface area contributed by atoms with Gasteiger partial charge < -0.3 is 20.3 Å². The predicted molar refractivity (Wildman–Crippen MR) is 282 cm³/mol. The van der Waals surface area contributed by atoms with E-state index >= 15 is 0 Å². The first-order valence-electron chi connectivity index (χ1n) is 28.4. The highest BCUT2D eigenvalue weighted by Gasteiger charge is 2.18. The Morgan fingerprint density at radius 2 is 0.769 bits per heavy atom. The van der Waals surface area contributed by atoms with E-state index in [9.17, 15) is 19.8 Å². The standard InChI is InChI=1S/C59H109NO5/c1-3-5-7-9-11-13-15-28-33-37-41-45-49-53-59(64)65-54-50-46-42-38-34-30-27-25-23-21-19-17-18-20-22-24-26-29-32-36-40-44-48-52-58(63)60-56(55-61)57(62)51-47-43-39-35-31-16-14-12-10-8-6-4-2/h13,15,17,19-20,22,47,51,56-57,61-62H,3-12,14,16,18,21,23-46,48-50,52-55H2,1-2H3,(H,60,63)/b15-13-,19-17-,22-20-,51-47+. The van der Waals surface area contributed by atoms with Crippen LogP contribution < -0.4 is 5.32 Å². The van der Waals surface area contributed by atoms with Crippen molar-refractivity contribution in [2.24, 2.45) is 0 Å². The zero-order chi connectivity index (χ0) is 47.2. The molecular formula is C59H109NO5. The fraction of sp³-hybridized carbons (Fsp3) is 0.831. The molecule has 1 amide bonds. The third-order valence-corrected chi connectivity index (χ3v) is 12.8. The Bertz CT molecular complexity index is 1100. The number of carbonyl (C=O) groups is 2. The minimum Gasteiger partial charge on any atom is -0.466 e. The van der Waals surface area contributed by atoms with Crippen LogP contribution in [0, 0.1) is 0 Å². The maximum atomic E-state index is 12.4. The van der Waals surface area contributed by atoms with Crippen LogP contribution in [0.5, 0.6) is 0 Å². The molecule has 0 aliphatic heterocycles. The van der Waals surface area contributed by atoms with E-state index in [0.717, 1.165) is 64.2 Å². The van der Waals surface area contributed by atoms with Crippen LogP contribution in [-0.4, -0.2) is 47.4 Å². The lowest BCUT2D eigenvalue weighted by Gasteiger charge is -2.20. The Hall–Kier alpha value is -2.18. The van der Waals surface area contributed by atoms with Crippen LogP contribution >= 0.6 is 0 Å². The van der Waals surface area contributed by atoms with E-state index in [1.807, 2.05) is 6.08 Å². The zero-order valence-corrected chi connectivity index (χ0v) is 43.2. The number of hydrogen-bond acceptors (Lipinski definition) is 5. The van der Waals surface area contributed by atoms with E-state index in [1.54, 1.807) is 6.08 Å². The van der Waals surface area contributed by atoms with E-state index in [-0.39, 0.29) is 18.5 Å². The lowest BCUT2D eigenvalue weighted by molar-refractivity contribution is -0.143. The van der Waals surface area contributed by atoms with Gasteiger partial charge in [-0.15, -0.1) is 0 Å². The molecule has 0 aromatic rings. The van der Waals surface area contributed by atoms with Crippen molar-refractivity contribution in [1.82, 2.24) is 5.32 Å². The number of aliphatic hydroxyl groups is 2. The molecule has 0 aromatic carbocycles. The number of hydrogen-bond donors (Lipinski definition) is 3. The van der Waals surface area contributed by atoms with Crippen LogP contribution in [0.15, 0.2) is 48.6 Å². The second kappa shape index (κ2) is 54.4. The molecule has 6 heteroatoms. The number of aliphatic hydroxyl groups excluding tert-OH is 2. The molecule has 380 valence electrons. The molecule has 65 heavy (non-hydrogen) atoms. The molecule has 0 aliphatic rings. The summed E-state index contributed by atoms with van der Waals surface area (Å²) in [4.78, 5) is 24.4. The van der Waals surface area contributed by atoms with Gasteiger partial charge >= 0.3 is 5.97 Å². The highest BCUT2D eigenvalue weighted by Crippen LogP contribution is 2.15. The largest absolute Gasteiger partial charge is 0.466 e. The minimum atomic E-state index is -0.850. The van der Waals surface area contributed by atoms with E-state index in [4.69, 9.17) is 4.74 Å². The van der Waals surface area contributed by atoms with E-state index in [1.165, 1.54) is 199 Å². The van der Waals surface area contributed by atoms with Crippen molar-refractivity contribution in [2.75, 3.05) is 13.2 Å². The van der Waals surface area contributed by atoms with Crippen molar-refractivity contribution >= 4 is 11.9 Å². The molecule has 2 atom stereocenters. The number of amides is 1. The topological polar surface area (TPSA) is 95.9 Å². The Kier molecular flexibility index (Phi) is 52.6. The van der Waals surface area contributed by atoms with Gasteiger partial charge in [-0.1, -0.05) is 236 Å². The van der Waals surface area contributed by atoms with Gasteiger partial charge in [0.2, 0.25) is 5.91 Å². The highest BCUT2D eigenvalue weighted by molar-refractivity contribution is 5.76. The molecule has 0 rings (SSSR count). The summed E-state index contributed by atoms with van der Waals surface area (Å²) in [6, 6.07) is -0.635. The Labute approximate surface area is 404 Å². The summed E-state index contributed by atoms with van der Waals surface area (Å²) in [6.07, 6.45) is 68.5. The monoisotopic (exact) mass is 912 g/mol. The Morgan fingerprint density at radius 3 is 1.20 bits per heavy atom. The van der Waals surface area contributed by atoms with Crippen molar-refractivity contribution < 1.29 is 24.5 Å². The third-order valence-electron chi connectivity index (χ3n) is 12.8. The summed E-state index contributed by atoms with van der Waals surface area (Å²) in [5, 5.41) is 23.0. The average molecular weight is 913 g/mol. The van der Waals surface area contributed by atoms with Crippen LogP contribution in [0.4, 0.5) is 0 Å². The molecule has 0 spiro atoms. The summed E-state index contributed by atoms with van der Waals surface area (Å²) >= 11 is 0. The van der Waals surface area contributed by atoms with Gasteiger partial charge in [0.15, 0.2) is 0 Å². The summed E-state index contributed by atoms with van der Waals surface area (Å²) in [5.41, 5.74) is 0. The van der Waals surface area contributed by atoms with Crippen molar-refractivity contribution in [3.8, 4) is 0 Å². The zero-order valence-electron chi connectivity index (χ0n) is 43.2. The lowest BCUT2D eigenvalue weighted by Crippen LogP contribution is -2.45. The molecule has 0 saturated heterocycles. The predicted octanol–water partition coefficient (Wildman–Crippen LogP) is 17.4. The molecule has 0 radical (unpaired) electrons. The maximum absolute atomic E-state index is 12.4. The number of allylic oxidation sites excluding steroid dienone is 7. The van der Waals surface area contributed by atoms with Crippen molar-refractivity contribution in [3.63, 3.8) is 0 Å². The number of carbonyl (C=O) groups excluding carboxylic acids is 2. The molecule has 6 nitrogen and oxygen atoms in total. The van der Waals surface area contributed by atoms with Gasteiger partial charge in [0.05, 0.1) is 25.4 Å². The first-order valence-corrected chi connectivity index (χ1v) is 28.4. The van der Waals surface area contributed by atoms with Gasteiger partial charge in [0, 0.05) is 12.8 Å². The van der Waals surface area contributed by atoms with Gasteiger partial charge in [-0.05, 0) is 89.9 Å². The highest BCUT2D eigenvalue weighted by atomic mass is 16.5. The smallest absolute Gasteiger partial charge is 0.305 e. The minimum absolute atomic E-state index is 0.00349. The van der Waals surface area contributed by atoms with Crippen molar-refractivity contribution in [3.05, 3.63) is 48.6 Å². The fourth-order valence-electron chi connectivity index (χ4n) is 8.42.